The van der Waals surface area contributed by atoms with Crippen molar-refractivity contribution in [2.45, 2.75) is 0 Å². The van der Waals surface area contributed by atoms with E-state index in [1.165, 1.54) is 10.8 Å². The Bertz CT molecular complexity index is 2400. The average molecular weight is 595 g/mol. The van der Waals surface area contributed by atoms with Crippen molar-refractivity contribution in [1.82, 2.24) is 19.1 Å². The third-order valence-electron chi connectivity index (χ3n) is 8.76. The molecule has 2 aromatic heterocycles. The molecule has 0 N–H and O–H groups in total. The number of rotatable bonds is 5. The first-order valence-electron chi connectivity index (χ1n) is 15.3. The Morgan fingerprint density at radius 2 is 1.07 bits per heavy atom. The molecule has 0 unspecified atom stereocenters. The molecule has 2 heterocycles. The summed E-state index contributed by atoms with van der Waals surface area (Å²) in [5.74, 6) is 0.676. The van der Waals surface area contributed by atoms with Crippen molar-refractivity contribution in [2.24, 2.45) is 14.1 Å². The van der Waals surface area contributed by atoms with Gasteiger partial charge in [-0.15, -0.1) is 0 Å². The maximum atomic E-state index is 12.7. The quantitative estimate of drug-likeness (QED) is 0.200. The van der Waals surface area contributed by atoms with Crippen LogP contribution in [-0.2, 0) is 14.1 Å². The molecule has 5 nitrogen and oxygen atoms in total. The number of aromatic nitrogens is 4. The monoisotopic (exact) mass is 594 g/mol. The van der Waals surface area contributed by atoms with Crippen LogP contribution in [0.15, 0.2) is 150 Å². The number of benzene rings is 6. The minimum Gasteiger partial charge on any atom is -0.295 e. The Hall–Kier alpha value is -6.07. The largest absolute Gasteiger partial charge is 0.328 e. The van der Waals surface area contributed by atoms with Crippen LogP contribution in [0.1, 0.15) is 0 Å². The average Bonchev–Trinajstić information content (AvgIpc) is 3.34. The summed E-state index contributed by atoms with van der Waals surface area (Å²) in [5.41, 5.74) is 10.7. The van der Waals surface area contributed by atoms with Crippen LogP contribution in [0, 0.1) is 0 Å². The molecular formula is C41H30N4O. The Morgan fingerprint density at radius 3 is 1.85 bits per heavy atom. The summed E-state index contributed by atoms with van der Waals surface area (Å²) < 4.78 is 3.39. The number of nitrogens with zero attached hydrogens (tertiary/aromatic N) is 4. The van der Waals surface area contributed by atoms with Crippen molar-refractivity contribution >= 4 is 21.8 Å². The van der Waals surface area contributed by atoms with E-state index in [1.54, 1.807) is 9.13 Å². The molecule has 5 heteroatoms. The Labute approximate surface area is 266 Å². The van der Waals surface area contributed by atoms with Gasteiger partial charge in [-0.25, -0.2) is 14.8 Å². The maximum Gasteiger partial charge on any atom is 0.328 e. The van der Waals surface area contributed by atoms with Crippen molar-refractivity contribution in [3.05, 3.63) is 156 Å². The summed E-state index contributed by atoms with van der Waals surface area (Å²) in [6.07, 6.45) is 0. The normalized spacial score (nSPS) is 11.3. The molecule has 0 radical (unpaired) electrons. The maximum absolute atomic E-state index is 12.7. The van der Waals surface area contributed by atoms with Gasteiger partial charge in [-0.05, 0) is 69.4 Å². The van der Waals surface area contributed by atoms with Gasteiger partial charge in [0.25, 0.3) is 0 Å². The highest BCUT2D eigenvalue weighted by molar-refractivity contribution is 5.98. The fraction of sp³-hybridized carbons (Fsp3) is 0.0488. The summed E-state index contributed by atoms with van der Waals surface area (Å²) in [5, 5.41) is 2.37. The summed E-state index contributed by atoms with van der Waals surface area (Å²) in [6.45, 7) is 0. The SMILES string of the molecule is Cn1c(=O)n(C)c2cc(-c3cc(-c4cc(-c5ccccc5)nc(-c5ccccc5)n4)cc(-c4cccc5ccccc45)c3)ccc21. The van der Waals surface area contributed by atoms with Gasteiger partial charge in [-0.3, -0.25) is 9.13 Å². The lowest BCUT2D eigenvalue weighted by Gasteiger charge is -2.14. The zero-order chi connectivity index (χ0) is 31.2. The lowest BCUT2D eigenvalue weighted by atomic mass is 9.92. The van der Waals surface area contributed by atoms with Crippen LogP contribution in [-0.4, -0.2) is 19.1 Å². The highest BCUT2D eigenvalue weighted by Crippen LogP contribution is 2.37. The predicted octanol–water partition coefficient (Wildman–Crippen LogP) is 9.16. The van der Waals surface area contributed by atoms with Crippen LogP contribution >= 0.6 is 0 Å². The highest BCUT2D eigenvalue weighted by atomic mass is 16.1. The van der Waals surface area contributed by atoms with Crippen molar-refractivity contribution in [1.29, 1.82) is 0 Å². The second kappa shape index (κ2) is 11.1. The summed E-state index contributed by atoms with van der Waals surface area (Å²) >= 11 is 0. The Balaban J connectivity index is 1.40. The summed E-state index contributed by atoms with van der Waals surface area (Å²) in [6, 6.07) is 50.3. The number of hydrogen-bond acceptors (Lipinski definition) is 3. The number of aryl methyl sites for hydroxylation is 2. The molecule has 8 rings (SSSR count). The molecule has 0 aliphatic carbocycles. The summed E-state index contributed by atoms with van der Waals surface area (Å²) in [7, 11) is 3.64. The standard InChI is InChI=1S/C41H30N4O/c1-44-38-21-20-30(25-39(38)45(2)41(44)46)31-22-32(35-19-11-17-27-12-9-10-18-34(27)35)24-33(23-31)37-26-36(28-13-5-3-6-14-28)42-40(43-37)29-15-7-4-8-16-29/h3-26H,1-2H3. The van der Waals surface area contributed by atoms with E-state index in [0.717, 1.165) is 61.4 Å². The zero-order valence-corrected chi connectivity index (χ0v) is 25.6. The van der Waals surface area contributed by atoms with Crippen LogP contribution in [0.25, 0.3) is 78.0 Å². The van der Waals surface area contributed by atoms with Gasteiger partial charge < -0.3 is 0 Å². The van der Waals surface area contributed by atoms with Crippen LogP contribution in [0.2, 0.25) is 0 Å². The van der Waals surface area contributed by atoms with E-state index >= 15 is 0 Å². The smallest absolute Gasteiger partial charge is 0.295 e. The predicted molar refractivity (Wildman–Crippen MR) is 188 cm³/mol. The molecule has 46 heavy (non-hydrogen) atoms. The molecule has 8 aromatic rings. The first-order valence-corrected chi connectivity index (χ1v) is 15.3. The van der Waals surface area contributed by atoms with Crippen molar-refractivity contribution in [3.8, 4) is 56.2 Å². The molecule has 0 aliphatic rings. The highest BCUT2D eigenvalue weighted by Gasteiger charge is 2.16. The second-order valence-corrected chi connectivity index (χ2v) is 11.6. The Morgan fingerprint density at radius 1 is 0.457 bits per heavy atom. The van der Waals surface area contributed by atoms with E-state index in [-0.39, 0.29) is 5.69 Å². The minimum absolute atomic E-state index is 0.0415. The lowest BCUT2D eigenvalue weighted by molar-refractivity contribution is 0.795. The van der Waals surface area contributed by atoms with Crippen molar-refractivity contribution in [3.63, 3.8) is 0 Å². The Kier molecular flexibility index (Phi) is 6.65. The third kappa shape index (κ3) is 4.79. The first-order chi connectivity index (χ1) is 22.5. The fourth-order valence-electron chi connectivity index (χ4n) is 6.33. The molecule has 6 aromatic carbocycles. The molecule has 0 atom stereocenters. The van der Waals surface area contributed by atoms with Crippen LogP contribution in [0.5, 0.6) is 0 Å². The van der Waals surface area contributed by atoms with Gasteiger partial charge in [0, 0.05) is 30.8 Å². The third-order valence-corrected chi connectivity index (χ3v) is 8.76. The van der Waals surface area contributed by atoms with Gasteiger partial charge in [0.1, 0.15) is 0 Å². The van der Waals surface area contributed by atoms with Crippen molar-refractivity contribution in [2.75, 3.05) is 0 Å². The van der Waals surface area contributed by atoms with Gasteiger partial charge in [-0.1, -0.05) is 109 Å². The van der Waals surface area contributed by atoms with E-state index in [2.05, 4.69) is 91.0 Å². The van der Waals surface area contributed by atoms with Gasteiger partial charge in [-0.2, -0.15) is 0 Å². The minimum atomic E-state index is -0.0415. The number of hydrogen-bond donors (Lipinski definition) is 0. The van der Waals surface area contributed by atoms with Crippen LogP contribution < -0.4 is 5.69 Å². The molecular weight excluding hydrogens is 564 g/mol. The fourth-order valence-corrected chi connectivity index (χ4v) is 6.33. The van der Waals surface area contributed by atoms with E-state index in [4.69, 9.17) is 9.97 Å². The summed E-state index contributed by atoms with van der Waals surface area (Å²) in [4.78, 5) is 22.9. The molecule has 0 saturated heterocycles. The molecule has 220 valence electrons. The van der Waals surface area contributed by atoms with Crippen molar-refractivity contribution < 1.29 is 0 Å². The molecule has 0 aliphatic heterocycles. The van der Waals surface area contributed by atoms with Gasteiger partial charge >= 0.3 is 5.69 Å². The van der Waals surface area contributed by atoms with Crippen LogP contribution in [0.4, 0.5) is 0 Å². The van der Waals surface area contributed by atoms with E-state index in [0.29, 0.717) is 5.82 Å². The number of imidazole rings is 1. The number of fused-ring (bicyclic) bond motifs is 2. The first kappa shape index (κ1) is 27.5. The molecule has 0 bridgehead atoms. The zero-order valence-electron chi connectivity index (χ0n) is 25.6. The van der Waals surface area contributed by atoms with E-state index in [9.17, 15) is 4.79 Å². The second-order valence-electron chi connectivity index (χ2n) is 11.6. The van der Waals surface area contributed by atoms with Gasteiger partial charge in [0.2, 0.25) is 0 Å². The molecule has 0 amide bonds. The molecule has 0 saturated carbocycles. The molecule has 0 fully saturated rings. The van der Waals surface area contributed by atoms with Gasteiger partial charge in [0.15, 0.2) is 5.82 Å². The van der Waals surface area contributed by atoms with Crippen LogP contribution in [0.3, 0.4) is 0 Å². The van der Waals surface area contributed by atoms with Gasteiger partial charge in [0.05, 0.1) is 22.4 Å². The lowest BCUT2D eigenvalue weighted by Crippen LogP contribution is -2.19. The molecule has 0 spiro atoms. The van der Waals surface area contributed by atoms with E-state index in [1.807, 2.05) is 68.7 Å². The van der Waals surface area contributed by atoms with E-state index < -0.39 is 0 Å². The topological polar surface area (TPSA) is 52.7 Å².